The Balaban J connectivity index is 2.47. The van der Waals surface area contributed by atoms with Gasteiger partial charge in [0.05, 0.1) is 11.6 Å². The second-order valence-electron chi connectivity index (χ2n) is 5.62. The van der Waals surface area contributed by atoms with Gasteiger partial charge in [-0.1, -0.05) is 20.8 Å². The molecule has 0 amide bonds. The lowest BCUT2D eigenvalue weighted by atomic mass is 9.82. The molecule has 1 aromatic heterocycles. The third kappa shape index (κ3) is 2.13. The second-order valence-corrected chi connectivity index (χ2v) is 5.62. The van der Waals surface area contributed by atoms with Gasteiger partial charge in [0.2, 0.25) is 0 Å². The minimum absolute atomic E-state index is 0.140. The van der Waals surface area contributed by atoms with Crippen LogP contribution in [0.1, 0.15) is 45.4 Å². The van der Waals surface area contributed by atoms with E-state index in [-0.39, 0.29) is 23.1 Å². The molecule has 1 aromatic rings. The van der Waals surface area contributed by atoms with Gasteiger partial charge in [-0.15, -0.1) is 0 Å². The van der Waals surface area contributed by atoms with E-state index in [1.807, 2.05) is 0 Å². The number of aromatic nitrogens is 2. The van der Waals surface area contributed by atoms with Crippen molar-refractivity contribution in [2.24, 2.45) is 11.7 Å². The molecule has 2 heterocycles. The van der Waals surface area contributed by atoms with Crippen molar-refractivity contribution in [2.45, 2.75) is 58.4 Å². The van der Waals surface area contributed by atoms with Crippen LogP contribution in [0.4, 0.5) is 0 Å². The molecule has 1 aliphatic rings. The van der Waals surface area contributed by atoms with Crippen LogP contribution < -0.4 is 17.0 Å². The zero-order valence-corrected chi connectivity index (χ0v) is 12.5. The first kappa shape index (κ1) is 15.0. The van der Waals surface area contributed by atoms with Crippen LogP contribution in [0.2, 0.25) is 0 Å². The van der Waals surface area contributed by atoms with Crippen molar-refractivity contribution in [3.63, 3.8) is 0 Å². The standard InChI is InChI=1S/C14H23N3O3/c1-5-14(6-2)9(4)10(15)12(20-14)17-7-8(3)11(18)16-13(17)19/h7,9-10,12H,5-6,15H2,1-4H3,(H,16,18,19)/t9?,10-,12+/m0/s1. The van der Waals surface area contributed by atoms with Gasteiger partial charge in [0.15, 0.2) is 6.23 Å². The van der Waals surface area contributed by atoms with Gasteiger partial charge in [0.1, 0.15) is 0 Å². The Kier molecular flexibility index (Phi) is 3.88. The van der Waals surface area contributed by atoms with Crippen molar-refractivity contribution in [3.05, 3.63) is 32.6 Å². The number of rotatable bonds is 3. The molecule has 1 aliphatic heterocycles. The summed E-state index contributed by atoms with van der Waals surface area (Å²) < 4.78 is 7.56. The van der Waals surface area contributed by atoms with Gasteiger partial charge >= 0.3 is 5.69 Å². The first-order chi connectivity index (χ1) is 9.36. The maximum absolute atomic E-state index is 12.0. The van der Waals surface area contributed by atoms with Crippen LogP contribution in [0.15, 0.2) is 15.8 Å². The fourth-order valence-electron chi connectivity index (χ4n) is 3.10. The van der Waals surface area contributed by atoms with Crippen LogP contribution in [0.25, 0.3) is 0 Å². The van der Waals surface area contributed by atoms with E-state index in [9.17, 15) is 9.59 Å². The number of nitrogens with zero attached hydrogens (tertiary/aromatic N) is 1. The van der Waals surface area contributed by atoms with Crippen LogP contribution in [-0.4, -0.2) is 21.2 Å². The summed E-state index contributed by atoms with van der Waals surface area (Å²) in [7, 11) is 0. The predicted octanol–water partition coefficient (Wildman–Crippen LogP) is 0.896. The SMILES string of the molecule is CCC1(CC)O[C@@H](n2cc(C)c(=O)[nH]c2=O)[C@@H](N)C1C. The Hall–Kier alpha value is -1.40. The first-order valence-electron chi connectivity index (χ1n) is 7.11. The van der Waals surface area contributed by atoms with Crippen LogP contribution >= 0.6 is 0 Å². The number of H-pyrrole nitrogens is 1. The van der Waals surface area contributed by atoms with Gasteiger partial charge in [-0.2, -0.15) is 0 Å². The fourth-order valence-corrected chi connectivity index (χ4v) is 3.10. The Labute approximate surface area is 118 Å². The van der Waals surface area contributed by atoms with Crippen molar-refractivity contribution < 1.29 is 4.74 Å². The quantitative estimate of drug-likeness (QED) is 0.861. The summed E-state index contributed by atoms with van der Waals surface area (Å²) in [6.45, 7) is 7.85. The maximum Gasteiger partial charge on any atom is 0.330 e. The average molecular weight is 281 g/mol. The molecule has 1 fully saturated rings. The van der Waals surface area contributed by atoms with Crippen molar-refractivity contribution >= 4 is 0 Å². The summed E-state index contributed by atoms with van der Waals surface area (Å²) in [5, 5.41) is 0. The van der Waals surface area contributed by atoms with E-state index in [2.05, 4.69) is 25.8 Å². The molecule has 0 saturated carbocycles. The lowest BCUT2D eigenvalue weighted by Gasteiger charge is -2.30. The molecule has 6 heteroatoms. The van der Waals surface area contributed by atoms with E-state index in [1.165, 1.54) is 10.8 Å². The highest BCUT2D eigenvalue weighted by molar-refractivity contribution is 5.05. The smallest absolute Gasteiger partial charge is 0.330 e. The zero-order valence-electron chi connectivity index (χ0n) is 12.5. The monoisotopic (exact) mass is 281 g/mol. The van der Waals surface area contributed by atoms with Crippen LogP contribution in [0.3, 0.4) is 0 Å². The van der Waals surface area contributed by atoms with Gasteiger partial charge < -0.3 is 10.5 Å². The highest BCUT2D eigenvalue weighted by Gasteiger charge is 2.50. The van der Waals surface area contributed by atoms with Crippen molar-refractivity contribution in [2.75, 3.05) is 0 Å². The van der Waals surface area contributed by atoms with Crippen molar-refractivity contribution in [1.29, 1.82) is 0 Å². The summed E-state index contributed by atoms with van der Waals surface area (Å²) in [6, 6.07) is -0.280. The molecule has 3 atom stereocenters. The fraction of sp³-hybridized carbons (Fsp3) is 0.714. The molecule has 0 bridgehead atoms. The molecular formula is C14H23N3O3. The molecule has 0 aromatic carbocycles. The third-order valence-corrected chi connectivity index (χ3v) is 4.71. The second kappa shape index (κ2) is 5.18. The van der Waals surface area contributed by atoms with Crippen LogP contribution in [0, 0.1) is 12.8 Å². The normalized spacial score (nSPS) is 28.8. The van der Waals surface area contributed by atoms with Crippen LogP contribution in [-0.2, 0) is 4.74 Å². The highest BCUT2D eigenvalue weighted by Crippen LogP contribution is 2.43. The van der Waals surface area contributed by atoms with Gasteiger partial charge in [-0.05, 0) is 19.8 Å². The van der Waals surface area contributed by atoms with E-state index >= 15 is 0 Å². The molecule has 3 N–H and O–H groups in total. The summed E-state index contributed by atoms with van der Waals surface area (Å²) in [5.41, 5.74) is 5.57. The largest absolute Gasteiger partial charge is 0.349 e. The summed E-state index contributed by atoms with van der Waals surface area (Å²) in [5.74, 6) is 0.140. The maximum atomic E-state index is 12.0. The lowest BCUT2D eigenvalue weighted by Crippen LogP contribution is -2.41. The van der Waals surface area contributed by atoms with Gasteiger partial charge in [0, 0.05) is 17.7 Å². The van der Waals surface area contributed by atoms with Gasteiger partial charge in [-0.25, -0.2) is 4.79 Å². The molecule has 1 saturated heterocycles. The Bertz CT molecular complexity index is 600. The van der Waals surface area contributed by atoms with E-state index in [0.717, 1.165) is 12.8 Å². The highest BCUT2D eigenvalue weighted by atomic mass is 16.5. The number of nitrogens with two attached hydrogens (primary N) is 1. The van der Waals surface area contributed by atoms with Crippen molar-refractivity contribution in [1.82, 2.24) is 9.55 Å². The summed E-state index contributed by atoms with van der Waals surface area (Å²) in [6.07, 6.45) is 2.67. The third-order valence-electron chi connectivity index (χ3n) is 4.71. The average Bonchev–Trinajstić information content (AvgIpc) is 2.68. The lowest BCUT2D eigenvalue weighted by molar-refractivity contribution is -0.0900. The zero-order chi connectivity index (χ0) is 15.1. The number of aromatic amines is 1. The molecular weight excluding hydrogens is 258 g/mol. The molecule has 0 aliphatic carbocycles. The number of ether oxygens (including phenoxy) is 1. The Morgan fingerprint density at radius 3 is 2.50 bits per heavy atom. The topological polar surface area (TPSA) is 90.1 Å². The van der Waals surface area contributed by atoms with Crippen molar-refractivity contribution in [3.8, 4) is 0 Å². The number of hydrogen-bond donors (Lipinski definition) is 2. The molecule has 2 rings (SSSR count). The minimum Gasteiger partial charge on any atom is -0.349 e. The van der Waals surface area contributed by atoms with Gasteiger partial charge in [0.25, 0.3) is 5.56 Å². The number of aryl methyl sites for hydroxylation is 1. The predicted molar refractivity (Wildman–Crippen MR) is 76.6 cm³/mol. The molecule has 1 unspecified atom stereocenters. The first-order valence-corrected chi connectivity index (χ1v) is 7.11. The van der Waals surface area contributed by atoms with E-state index in [1.54, 1.807) is 6.92 Å². The van der Waals surface area contributed by atoms with E-state index in [4.69, 9.17) is 10.5 Å². The Morgan fingerprint density at radius 2 is 2.00 bits per heavy atom. The Morgan fingerprint density at radius 1 is 1.40 bits per heavy atom. The molecule has 6 nitrogen and oxygen atoms in total. The number of hydrogen-bond acceptors (Lipinski definition) is 4. The van der Waals surface area contributed by atoms with Gasteiger partial charge in [-0.3, -0.25) is 14.3 Å². The van der Waals surface area contributed by atoms with Crippen LogP contribution in [0.5, 0.6) is 0 Å². The molecule has 0 spiro atoms. The molecule has 112 valence electrons. The summed E-state index contributed by atoms with van der Waals surface area (Å²) >= 11 is 0. The molecule has 20 heavy (non-hydrogen) atoms. The van der Waals surface area contributed by atoms with E-state index < -0.39 is 11.9 Å². The van der Waals surface area contributed by atoms with E-state index in [0.29, 0.717) is 5.56 Å². The summed E-state index contributed by atoms with van der Waals surface area (Å²) in [4.78, 5) is 25.7. The minimum atomic E-state index is -0.534. The number of nitrogens with one attached hydrogen (secondary N) is 1. The molecule has 0 radical (unpaired) electrons.